The molecule has 0 aromatic carbocycles. The van der Waals surface area contributed by atoms with E-state index in [1.807, 2.05) is 6.07 Å². The van der Waals surface area contributed by atoms with Crippen LogP contribution in [0, 0.1) is 0 Å². The van der Waals surface area contributed by atoms with E-state index in [0.29, 0.717) is 0 Å². The summed E-state index contributed by atoms with van der Waals surface area (Å²) < 4.78 is 0.928. The molecule has 0 saturated heterocycles. The quantitative estimate of drug-likeness (QED) is 0.715. The van der Waals surface area contributed by atoms with E-state index in [1.165, 1.54) is 42.5 Å². The summed E-state index contributed by atoms with van der Waals surface area (Å²) >= 11 is 3.42. The fourth-order valence-electron chi connectivity index (χ4n) is 2.23. The molecule has 0 saturated carbocycles. The van der Waals surface area contributed by atoms with Crippen molar-refractivity contribution in [2.45, 2.75) is 25.7 Å². The largest absolute Gasteiger partial charge is 0.357 e. The zero-order valence-electron chi connectivity index (χ0n) is 7.81. The second-order valence-corrected chi connectivity index (χ2v) is 4.63. The predicted octanol–water partition coefficient (Wildman–Crippen LogP) is 3.20. The Bertz CT molecular complexity index is 487. The number of aryl methyl sites for hydroxylation is 2. The zero-order valence-corrected chi connectivity index (χ0v) is 9.39. The molecule has 3 heteroatoms. The summed E-state index contributed by atoms with van der Waals surface area (Å²) in [5, 5.41) is 0. The highest BCUT2D eigenvalue weighted by Crippen LogP contribution is 2.28. The Morgan fingerprint density at radius 1 is 1.21 bits per heavy atom. The molecular weight excluding hydrogens is 240 g/mol. The molecule has 1 N–H and O–H groups in total. The Kier molecular flexibility index (Phi) is 1.87. The summed E-state index contributed by atoms with van der Waals surface area (Å²) in [5.74, 6) is 0. The van der Waals surface area contributed by atoms with Gasteiger partial charge in [0.2, 0.25) is 0 Å². The van der Waals surface area contributed by atoms with Crippen molar-refractivity contribution in [3.63, 3.8) is 0 Å². The average Bonchev–Trinajstić information content (AvgIpc) is 2.56. The van der Waals surface area contributed by atoms with Crippen molar-refractivity contribution in [1.29, 1.82) is 0 Å². The lowest BCUT2D eigenvalue weighted by molar-refractivity contribution is 0.679. The van der Waals surface area contributed by atoms with Gasteiger partial charge >= 0.3 is 0 Å². The standard InChI is InChI=1S/C11H11BrN2/c12-10-6-5-9-11(14-10)7-3-1-2-4-8(7)13-9/h5-6,13H,1-4H2. The van der Waals surface area contributed by atoms with Gasteiger partial charge in [0.1, 0.15) is 4.60 Å². The van der Waals surface area contributed by atoms with Crippen LogP contribution < -0.4 is 0 Å². The molecule has 0 radical (unpaired) electrons. The van der Waals surface area contributed by atoms with E-state index < -0.39 is 0 Å². The molecule has 0 bridgehead atoms. The first-order valence-electron chi connectivity index (χ1n) is 5.00. The van der Waals surface area contributed by atoms with E-state index in [2.05, 4.69) is 32.0 Å². The minimum absolute atomic E-state index is 0.928. The normalized spacial score (nSPS) is 15.8. The lowest BCUT2D eigenvalue weighted by Gasteiger charge is -2.09. The van der Waals surface area contributed by atoms with E-state index in [0.717, 1.165) is 10.1 Å². The van der Waals surface area contributed by atoms with Crippen LogP contribution in [0.4, 0.5) is 0 Å². The molecule has 72 valence electrons. The molecule has 2 aromatic rings. The Hall–Kier alpha value is -0.830. The third-order valence-electron chi connectivity index (χ3n) is 2.90. The maximum atomic E-state index is 4.53. The molecule has 14 heavy (non-hydrogen) atoms. The fourth-order valence-corrected chi connectivity index (χ4v) is 2.54. The van der Waals surface area contributed by atoms with Crippen molar-refractivity contribution in [3.05, 3.63) is 28.0 Å². The molecule has 3 rings (SSSR count). The summed E-state index contributed by atoms with van der Waals surface area (Å²) in [7, 11) is 0. The first-order chi connectivity index (χ1) is 6.84. The van der Waals surface area contributed by atoms with E-state index in [4.69, 9.17) is 0 Å². The Balaban J connectivity index is 2.32. The van der Waals surface area contributed by atoms with Gasteiger partial charge in [-0.05, 0) is 59.3 Å². The molecule has 0 amide bonds. The van der Waals surface area contributed by atoms with Gasteiger partial charge in [0.15, 0.2) is 0 Å². The first kappa shape index (κ1) is 8.48. The molecule has 0 atom stereocenters. The summed E-state index contributed by atoms with van der Waals surface area (Å²) in [6, 6.07) is 4.09. The van der Waals surface area contributed by atoms with Crippen molar-refractivity contribution in [1.82, 2.24) is 9.97 Å². The number of halogens is 1. The second-order valence-electron chi connectivity index (χ2n) is 3.82. The average molecular weight is 251 g/mol. The topological polar surface area (TPSA) is 28.7 Å². The van der Waals surface area contributed by atoms with Crippen LogP contribution in [0.5, 0.6) is 0 Å². The van der Waals surface area contributed by atoms with Gasteiger partial charge in [-0.2, -0.15) is 0 Å². The van der Waals surface area contributed by atoms with Gasteiger partial charge in [-0.1, -0.05) is 0 Å². The van der Waals surface area contributed by atoms with Gasteiger partial charge in [-0.15, -0.1) is 0 Å². The number of H-pyrrole nitrogens is 1. The maximum absolute atomic E-state index is 4.53. The SMILES string of the molecule is Brc1ccc2[nH]c3c(c2n1)CCCC3. The number of hydrogen-bond donors (Lipinski definition) is 1. The van der Waals surface area contributed by atoms with Crippen LogP contribution in [-0.2, 0) is 12.8 Å². The monoisotopic (exact) mass is 250 g/mol. The van der Waals surface area contributed by atoms with Crippen LogP contribution in [0.3, 0.4) is 0 Å². The minimum Gasteiger partial charge on any atom is -0.357 e. The summed E-state index contributed by atoms with van der Waals surface area (Å²) in [4.78, 5) is 7.99. The third-order valence-corrected chi connectivity index (χ3v) is 3.34. The Labute approximate surface area is 90.9 Å². The molecule has 0 spiro atoms. The molecule has 0 unspecified atom stereocenters. The first-order valence-corrected chi connectivity index (χ1v) is 5.80. The highest BCUT2D eigenvalue weighted by Gasteiger charge is 2.15. The van der Waals surface area contributed by atoms with E-state index in [9.17, 15) is 0 Å². The van der Waals surface area contributed by atoms with Crippen LogP contribution in [0.15, 0.2) is 16.7 Å². The maximum Gasteiger partial charge on any atom is 0.106 e. The number of aromatic nitrogens is 2. The van der Waals surface area contributed by atoms with Gasteiger partial charge in [-0.25, -0.2) is 4.98 Å². The number of nitrogens with one attached hydrogen (secondary N) is 1. The van der Waals surface area contributed by atoms with Crippen LogP contribution in [-0.4, -0.2) is 9.97 Å². The lowest BCUT2D eigenvalue weighted by Crippen LogP contribution is -2.00. The van der Waals surface area contributed by atoms with Crippen molar-refractivity contribution in [3.8, 4) is 0 Å². The molecule has 0 fully saturated rings. The van der Waals surface area contributed by atoms with Crippen LogP contribution in [0.2, 0.25) is 0 Å². The predicted molar refractivity (Wildman–Crippen MR) is 60.4 cm³/mol. The van der Waals surface area contributed by atoms with Gasteiger partial charge in [0, 0.05) is 5.69 Å². The van der Waals surface area contributed by atoms with E-state index in [1.54, 1.807) is 0 Å². The van der Waals surface area contributed by atoms with Crippen molar-refractivity contribution in [2.75, 3.05) is 0 Å². The highest BCUT2D eigenvalue weighted by molar-refractivity contribution is 9.10. The Morgan fingerprint density at radius 3 is 3.00 bits per heavy atom. The van der Waals surface area contributed by atoms with E-state index in [-0.39, 0.29) is 0 Å². The van der Waals surface area contributed by atoms with Crippen LogP contribution in [0.1, 0.15) is 24.1 Å². The molecule has 1 aliphatic carbocycles. The van der Waals surface area contributed by atoms with Gasteiger partial charge in [-0.3, -0.25) is 0 Å². The smallest absolute Gasteiger partial charge is 0.106 e. The van der Waals surface area contributed by atoms with Crippen molar-refractivity contribution in [2.24, 2.45) is 0 Å². The number of nitrogens with zero attached hydrogens (tertiary/aromatic N) is 1. The van der Waals surface area contributed by atoms with Crippen LogP contribution >= 0.6 is 15.9 Å². The third kappa shape index (κ3) is 1.19. The molecule has 0 aliphatic heterocycles. The molecule has 1 aliphatic rings. The number of pyridine rings is 1. The van der Waals surface area contributed by atoms with Crippen molar-refractivity contribution >= 4 is 27.0 Å². The fraction of sp³-hybridized carbons (Fsp3) is 0.364. The van der Waals surface area contributed by atoms with Crippen LogP contribution in [0.25, 0.3) is 11.0 Å². The number of aromatic amines is 1. The summed E-state index contributed by atoms with van der Waals surface area (Å²) in [6.07, 6.45) is 4.97. The van der Waals surface area contributed by atoms with Gasteiger partial charge in [0.25, 0.3) is 0 Å². The van der Waals surface area contributed by atoms with E-state index >= 15 is 0 Å². The number of fused-ring (bicyclic) bond motifs is 3. The Morgan fingerprint density at radius 2 is 2.07 bits per heavy atom. The number of rotatable bonds is 0. The minimum atomic E-state index is 0.928. The zero-order chi connectivity index (χ0) is 9.54. The van der Waals surface area contributed by atoms with Gasteiger partial charge in [0.05, 0.1) is 11.0 Å². The molecule has 2 aromatic heterocycles. The summed E-state index contributed by atoms with van der Waals surface area (Å²) in [5.41, 5.74) is 5.18. The summed E-state index contributed by atoms with van der Waals surface area (Å²) in [6.45, 7) is 0. The lowest BCUT2D eigenvalue weighted by atomic mass is 9.97. The number of hydrogen-bond acceptors (Lipinski definition) is 1. The van der Waals surface area contributed by atoms with Gasteiger partial charge < -0.3 is 4.98 Å². The molecular formula is C11H11BrN2. The second kappa shape index (κ2) is 3.09. The molecule has 2 nitrogen and oxygen atoms in total. The van der Waals surface area contributed by atoms with Crippen molar-refractivity contribution < 1.29 is 0 Å². The highest BCUT2D eigenvalue weighted by atomic mass is 79.9. The molecule has 2 heterocycles.